The summed E-state index contributed by atoms with van der Waals surface area (Å²) < 4.78 is 5.41. The molecule has 0 spiro atoms. The largest absolute Gasteiger partial charge is 0.496 e. The molecule has 0 saturated heterocycles. The fourth-order valence-electron chi connectivity index (χ4n) is 2.52. The third-order valence-electron chi connectivity index (χ3n) is 3.71. The van der Waals surface area contributed by atoms with Gasteiger partial charge < -0.3 is 4.74 Å². The number of fused-ring (bicyclic) bond motifs is 1. The second kappa shape index (κ2) is 4.81. The Kier molecular flexibility index (Phi) is 3.17. The molecule has 0 heterocycles. The maximum absolute atomic E-state index is 6.57. The Morgan fingerprint density at radius 2 is 1.89 bits per heavy atom. The van der Waals surface area contributed by atoms with E-state index in [1.165, 1.54) is 23.8 Å². The van der Waals surface area contributed by atoms with E-state index in [9.17, 15) is 0 Å². The number of hydrogen-bond acceptors (Lipinski definition) is 1. The topological polar surface area (TPSA) is 9.23 Å². The minimum atomic E-state index is 0.119. The zero-order valence-corrected chi connectivity index (χ0v) is 11.3. The molecule has 0 N–H and O–H groups in total. The van der Waals surface area contributed by atoms with Crippen LogP contribution in [0.2, 0.25) is 0 Å². The first kappa shape index (κ1) is 11.9. The van der Waals surface area contributed by atoms with Gasteiger partial charge in [0, 0.05) is 5.39 Å². The van der Waals surface area contributed by atoms with Gasteiger partial charge in [-0.1, -0.05) is 43.2 Å². The van der Waals surface area contributed by atoms with Crippen LogP contribution in [0.3, 0.4) is 0 Å². The molecule has 1 unspecified atom stereocenters. The van der Waals surface area contributed by atoms with Crippen molar-refractivity contribution in [2.75, 3.05) is 7.11 Å². The van der Waals surface area contributed by atoms with Crippen LogP contribution in [-0.2, 0) is 0 Å². The molecule has 0 aliphatic heterocycles. The lowest BCUT2D eigenvalue weighted by Crippen LogP contribution is -1.95. The Balaban J connectivity index is 2.05. The minimum absolute atomic E-state index is 0.119. The molecule has 1 aliphatic rings. The molecule has 2 aromatic carbocycles. The van der Waals surface area contributed by atoms with Crippen molar-refractivity contribution in [2.24, 2.45) is 5.92 Å². The highest BCUT2D eigenvalue weighted by Gasteiger charge is 2.26. The van der Waals surface area contributed by atoms with Gasteiger partial charge in [0.2, 0.25) is 0 Å². The van der Waals surface area contributed by atoms with E-state index in [4.69, 9.17) is 16.3 Å². The number of hydrogen-bond donors (Lipinski definition) is 0. The molecule has 94 valence electrons. The monoisotopic (exact) mass is 260 g/mol. The smallest absolute Gasteiger partial charge is 0.126 e. The fourth-order valence-corrected chi connectivity index (χ4v) is 2.96. The Morgan fingerprint density at radius 1 is 1.17 bits per heavy atom. The van der Waals surface area contributed by atoms with Gasteiger partial charge in [-0.2, -0.15) is 0 Å². The Bertz CT molecular complexity index is 560. The van der Waals surface area contributed by atoms with Crippen molar-refractivity contribution in [3.8, 4) is 5.75 Å². The highest BCUT2D eigenvalue weighted by Crippen LogP contribution is 2.43. The summed E-state index contributed by atoms with van der Waals surface area (Å²) in [6, 6.07) is 12.5. The van der Waals surface area contributed by atoms with Crippen LogP contribution in [0.5, 0.6) is 5.75 Å². The number of methoxy groups -OCH3 is 1. The minimum Gasteiger partial charge on any atom is -0.496 e. The molecule has 1 atom stereocenters. The molecule has 0 radical (unpaired) electrons. The SMILES string of the molecule is COc1ccc(C(Cl)CC2CC2)c2ccccc12. The van der Waals surface area contributed by atoms with Crippen LogP contribution in [-0.4, -0.2) is 7.11 Å². The summed E-state index contributed by atoms with van der Waals surface area (Å²) >= 11 is 6.57. The Morgan fingerprint density at radius 3 is 2.56 bits per heavy atom. The van der Waals surface area contributed by atoms with E-state index < -0.39 is 0 Å². The van der Waals surface area contributed by atoms with Crippen molar-refractivity contribution in [1.82, 2.24) is 0 Å². The Hall–Kier alpha value is -1.21. The molecule has 1 fully saturated rings. The van der Waals surface area contributed by atoms with E-state index in [2.05, 4.69) is 24.3 Å². The average Bonchev–Trinajstić information content (AvgIpc) is 3.21. The third-order valence-corrected chi connectivity index (χ3v) is 4.13. The molecule has 0 aromatic heterocycles. The van der Waals surface area contributed by atoms with Crippen LogP contribution in [0, 0.1) is 5.92 Å². The van der Waals surface area contributed by atoms with Crippen molar-refractivity contribution < 1.29 is 4.74 Å². The summed E-state index contributed by atoms with van der Waals surface area (Å²) in [6.45, 7) is 0. The molecule has 0 bridgehead atoms. The predicted octanol–water partition coefficient (Wildman–Crippen LogP) is 4.93. The van der Waals surface area contributed by atoms with Gasteiger partial charge in [0.05, 0.1) is 12.5 Å². The highest BCUT2D eigenvalue weighted by atomic mass is 35.5. The normalized spacial score (nSPS) is 16.8. The van der Waals surface area contributed by atoms with Gasteiger partial charge in [-0.05, 0) is 29.4 Å². The van der Waals surface area contributed by atoms with E-state index >= 15 is 0 Å². The highest BCUT2D eigenvalue weighted by molar-refractivity contribution is 6.22. The standard InChI is InChI=1S/C16H17ClO/c1-18-16-9-8-13(15(17)10-11-6-7-11)12-4-2-3-5-14(12)16/h2-5,8-9,11,15H,6-7,10H2,1H3. The summed E-state index contributed by atoms with van der Waals surface area (Å²) in [7, 11) is 1.71. The zero-order chi connectivity index (χ0) is 12.5. The third kappa shape index (κ3) is 2.20. The first-order valence-electron chi connectivity index (χ1n) is 6.49. The van der Waals surface area contributed by atoms with Gasteiger partial charge in [-0.25, -0.2) is 0 Å². The summed E-state index contributed by atoms with van der Waals surface area (Å²) in [6.07, 6.45) is 3.78. The molecule has 18 heavy (non-hydrogen) atoms. The van der Waals surface area contributed by atoms with Crippen LogP contribution >= 0.6 is 11.6 Å². The van der Waals surface area contributed by atoms with Gasteiger partial charge in [-0.3, -0.25) is 0 Å². The number of halogens is 1. The summed E-state index contributed by atoms with van der Waals surface area (Å²) in [5.41, 5.74) is 1.24. The van der Waals surface area contributed by atoms with E-state index in [1.807, 2.05) is 12.1 Å². The van der Waals surface area contributed by atoms with E-state index in [1.54, 1.807) is 7.11 Å². The summed E-state index contributed by atoms with van der Waals surface area (Å²) in [5.74, 6) is 1.76. The maximum Gasteiger partial charge on any atom is 0.126 e. The van der Waals surface area contributed by atoms with Crippen molar-refractivity contribution in [3.63, 3.8) is 0 Å². The summed E-state index contributed by atoms with van der Waals surface area (Å²) in [4.78, 5) is 0. The van der Waals surface area contributed by atoms with Crippen molar-refractivity contribution in [2.45, 2.75) is 24.6 Å². The lowest BCUT2D eigenvalue weighted by molar-refractivity contribution is 0.419. The van der Waals surface area contributed by atoms with Gasteiger partial charge in [0.25, 0.3) is 0 Å². The first-order valence-corrected chi connectivity index (χ1v) is 6.93. The van der Waals surface area contributed by atoms with Gasteiger partial charge in [0.15, 0.2) is 0 Å². The predicted molar refractivity (Wildman–Crippen MR) is 76.4 cm³/mol. The molecule has 2 aromatic rings. The van der Waals surface area contributed by atoms with Crippen molar-refractivity contribution >= 4 is 22.4 Å². The molecular formula is C16H17ClO. The molecule has 0 amide bonds. The van der Waals surface area contributed by atoms with Crippen LogP contribution < -0.4 is 4.74 Å². The van der Waals surface area contributed by atoms with E-state index in [0.29, 0.717) is 0 Å². The van der Waals surface area contributed by atoms with Crippen LogP contribution in [0.1, 0.15) is 30.2 Å². The second-order valence-corrected chi connectivity index (χ2v) is 5.58. The molecule has 1 saturated carbocycles. The number of ether oxygens (including phenoxy) is 1. The molecular weight excluding hydrogens is 244 g/mol. The lowest BCUT2D eigenvalue weighted by Gasteiger charge is -2.14. The number of alkyl halides is 1. The average molecular weight is 261 g/mol. The van der Waals surface area contributed by atoms with Crippen LogP contribution in [0.15, 0.2) is 36.4 Å². The molecule has 3 rings (SSSR count). The van der Waals surface area contributed by atoms with Crippen LogP contribution in [0.4, 0.5) is 0 Å². The molecule has 1 nitrogen and oxygen atoms in total. The molecule has 1 aliphatic carbocycles. The van der Waals surface area contributed by atoms with E-state index in [-0.39, 0.29) is 5.38 Å². The number of rotatable bonds is 4. The quantitative estimate of drug-likeness (QED) is 0.709. The zero-order valence-electron chi connectivity index (χ0n) is 10.5. The van der Waals surface area contributed by atoms with Gasteiger partial charge in [-0.15, -0.1) is 11.6 Å². The maximum atomic E-state index is 6.57. The number of benzene rings is 2. The van der Waals surface area contributed by atoms with Crippen molar-refractivity contribution in [3.05, 3.63) is 42.0 Å². The van der Waals surface area contributed by atoms with Gasteiger partial charge in [0.1, 0.15) is 5.75 Å². The lowest BCUT2D eigenvalue weighted by atomic mass is 9.98. The Labute approximate surface area is 113 Å². The fraction of sp³-hybridized carbons (Fsp3) is 0.375. The van der Waals surface area contributed by atoms with Crippen LogP contribution in [0.25, 0.3) is 10.8 Å². The second-order valence-electron chi connectivity index (χ2n) is 5.05. The molecule has 2 heteroatoms. The van der Waals surface area contributed by atoms with Gasteiger partial charge >= 0.3 is 0 Å². The van der Waals surface area contributed by atoms with E-state index in [0.717, 1.165) is 23.5 Å². The summed E-state index contributed by atoms with van der Waals surface area (Å²) in [5, 5.41) is 2.49. The van der Waals surface area contributed by atoms with Crippen molar-refractivity contribution in [1.29, 1.82) is 0 Å². The first-order chi connectivity index (χ1) is 8.79.